The smallest absolute Gasteiger partial charge is 0.409 e. The summed E-state index contributed by atoms with van der Waals surface area (Å²) in [6.45, 7) is 5.74. The summed E-state index contributed by atoms with van der Waals surface area (Å²) in [6.07, 6.45) is 0.575. The summed E-state index contributed by atoms with van der Waals surface area (Å²) in [5, 5.41) is 6.28. The van der Waals surface area contributed by atoms with E-state index in [1.807, 2.05) is 6.07 Å². The fourth-order valence-electron chi connectivity index (χ4n) is 3.57. The van der Waals surface area contributed by atoms with Crippen molar-refractivity contribution in [3.63, 3.8) is 0 Å². The Kier molecular flexibility index (Phi) is 8.44. The van der Waals surface area contributed by atoms with Crippen LogP contribution < -0.4 is 45.9 Å². The number of aromatic nitrogens is 2. The first-order chi connectivity index (χ1) is 17.3. The first-order valence-corrected chi connectivity index (χ1v) is 11.2. The average molecular weight is 498 g/mol. The van der Waals surface area contributed by atoms with Gasteiger partial charge in [0.25, 0.3) is 0 Å². The summed E-state index contributed by atoms with van der Waals surface area (Å²) in [5.74, 6) is 2.24. The first kappa shape index (κ1) is 26.0. The van der Waals surface area contributed by atoms with E-state index in [2.05, 4.69) is 39.3 Å². The van der Waals surface area contributed by atoms with Crippen LogP contribution in [0.4, 0.5) is 39.3 Å². The van der Waals surface area contributed by atoms with Crippen LogP contribution in [0, 0.1) is 0 Å². The van der Waals surface area contributed by atoms with Gasteiger partial charge in [-0.3, -0.25) is 0 Å². The number of methoxy groups -OCH3 is 3. The number of primary amides is 1. The van der Waals surface area contributed by atoms with Gasteiger partial charge in [-0.05, 0) is 32.0 Å². The van der Waals surface area contributed by atoms with Gasteiger partial charge in [0.05, 0.1) is 50.3 Å². The topological polar surface area (TPSA) is 159 Å². The van der Waals surface area contributed by atoms with E-state index in [-0.39, 0.29) is 11.7 Å². The molecule has 12 heteroatoms. The molecule has 0 aliphatic carbocycles. The average Bonchev–Trinajstić information content (AvgIpc) is 2.86. The quantitative estimate of drug-likeness (QED) is 0.285. The van der Waals surface area contributed by atoms with Gasteiger partial charge in [0, 0.05) is 25.2 Å². The molecule has 192 valence electrons. The van der Waals surface area contributed by atoms with Gasteiger partial charge in [0.1, 0.15) is 17.2 Å². The second-order valence-electron chi connectivity index (χ2n) is 7.43. The normalized spacial score (nSPS) is 10.4. The van der Waals surface area contributed by atoms with Crippen molar-refractivity contribution in [3.05, 3.63) is 36.5 Å². The Balaban J connectivity index is 1.96. The third-order valence-electron chi connectivity index (χ3n) is 5.32. The van der Waals surface area contributed by atoms with Crippen molar-refractivity contribution >= 4 is 40.6 Å². The van der Waals surface area contributed by atoms with Crippen LogP contribution in [0.1, 0.15) is 13.8 Å². The van der Waals surface area contributed by atoms with Crippen LogP contribution in [0.5, 0.6) is 23.0 Å². The lowest BCUT2D eigenvalue weighted by atomic mass is 10.2. The van der Waals surface area contributed by atoms with E-state index in [0.29, 0.717) is 40.1 Å². The molecule has 12 nitrogen and oxygen atoms in total. The number of rotatable bonds is 11. The lowest BCUT2D eigenvalue weighted by molar-refractivity contribution is 0.211. The minimum Gasteiger partial charge on any atom is -0.495 e. The molecule has 1 aromatic heterocycles. The molecule has 36 heavy (non-hydrogen) atoms. The third-order valence-corrected chi connectivity index (χ3v) is 5.32. The zero-order valence-electron chi connectivity index (χ0n) is 20.9. The molecule has 0 spiro atoms. The van der Waals surface area contributed by atoms with Crippen LogP contribution in [0.25, 0.3) is 0 Å². The molecule has 0 radical (unpaired) electrons. The van der Waals surface area contributed by atoms with Gasteiger partial charge in [0.2, 0.25) is 5.95 Å². The minimum absolute atomic E-state index is 0.227. The molecular formula is C24H31N7O5. The lowest BCUT2D eigenvalue weighted by Crippen LogP contribution is -2.23. The van der Waals surface area contributed by atoms with E-state index < -0.39 is 6.09 Å². The first-order valence-electron chi connectivity index (χ1n) is 11.2. The summed E-state index contributed by atoms with van der Waals surface area (Å²) in [5.41, 5.74) is 14.0. The number of nitrogens with zero attached hydrogens (tertiary/aromatic N) is 3. The van der Waals surface area contributed by atoms with E-state index in [0.717, 1.165) is 18.8 Å². The number of hydrogen-bond acceptors (Lipinski definition) is 11. The van der Waals surface area contributed by atoms with E-state index in [4.69, 9.17) is 30.4 Å². The second-order valence-corrected chi connectivity index (χ2v) is 7.43. The van der Waals surface area contributed by atoms with Gasteiger partial charge in [-0.2, -0.15) is 4.98 Å². The molecule has 1 heterocycles. The maximum absolute atomic E-state index is 11.2. The number of nitrogen functional groups attached to an aromatic ring is 1. The van der Waals surface area contributed by atoms with E-state index >= 15 is 0 Å². The van der Waals surface area contributed by atoms with Crippen molar-refractivity contribution in [3.8, 4) is 23.0 Å². The van der Waals surface area contributed by atoms with Gasteiger partial charge in [-0.15, -0.1) is 0 Å². The molecule has 0 saturated heterocycles. The lowest BCUT2D eigenvalue weighted by Gasteiger charge is -2.24. The number of hydrogen-bond donors (Lipinski definition) is 4. The molecule has 3 aromatic rings. The van der Waals surface area contributed by atoms with Crippen LogP contribution in [0.2, 0.25) is 0 Å². The summed E-state index contributed by atoms with van der Waals surface area (Å²) in [7, 11) is 4.59. The molecule has 3 rings (SSSR count). The second kappa shape index (κ2) is 11.7. The summed E-state index contributed by atoms with van der Waals surface area (Å²) in [4.78, 5) is 22.2. The van der Waals surface area contributed by atoms with Gasteiger partial charge in [-0.25, -0.2) is 9.78 Å². The summed E-state index contributed by atoms with van der Waals surface area (Å²) < 4.78 is 21.4. The molecular weight excluding hydrogens is 466 g/mol. The van der Waals surface area contributed by atoms with Crippen molar-refractivity contribution in [2.45, 2.75) is 13.8 Å². The highest BCUT2D eigenvalue weighted by molar-refractivity contribution is 5.80. The number of ether oxygens (including phenoxy) is 4. The maximum Gasteiger partial charge on any atom is 0.409 e. The molecule has 2 aromatic carbocycles. The molecule has 0 aliphatic heterocycles. The molecule has 0 aliphatic rings. The highest BCUT2D eigenvalue weighted by Gasteiger charge is 2.16. The third kappa shape index (κ3) is 5.90. The Labute approximate surface area is 209 Å². The largest absolute Gasteiger partial charge is 0.495 e. The zero-order valence-corrected chi connectivity index (χ0v) is 20.9. The number of carbonyl (C=O) groups excluding carboxylic acids is 1. The zero-order chi connectivity index (χ0) is 26.2. The monoisotopic (exact) mass is 497 g/mol. The van der Waals surface area contributed by atoms with Crippen LogP contribution in [-0.2, 0) is 0 Å². The fraction of sp³-hybridized carbons (Fsp3) is 0.292. The van der Waals surface area contributed by atoms with Crippen molar-refractivity contribution in [1.29, 1.82) is 0 Å². The Hall–Kier alpha value is -4.61. The van der Waals surface area contributed by atoms with Gasteiger partial charge < -0.3 is 45.9 Å². The van der Waals surface area contributed by atoms with Crippen molar-refractivity contribution in [2.75, 3.05) is 55.7 Å². The number of anilines is 6. The Morgan fingerprint density at radius 2 is 1.61 bits per heavy atom. The molecule has 0 fully saturated rings. The molecule has 0 atom stereocenters. The van der Waals surface area contributed by atoms with Crippen molar-refractivity contribution < 1.29 is 23.7 Å². The van der Waals surface area contributed by atoms with E-state index in [1.54, 1.807) is 31.4 Å². The number of nitrogens with one attached hydrogen (secondary N) is 2. The SMILES string of the molecule is CCN(CC)c1cc(OC)c(Nc2ncc(OC)c(Nc3cc(OC(N)=O)ccc3OC)n2)cc1N. The molecule has 0 saturated carbocycles. The molecule has 0 unspecified atom stereocenters. The summed E-state index contributed by atoms with van der Waals surface area (Å²) >= 11 is 0. The van der Waals surface area contributed by atoms with Crippen molar-refractivity contribution in [2.24, 2.45) is 5.73 Å². The highest BCUT2D eigenvalue weighted by atomic mass is 16.5. The van der Waals surface area contributed by atoms with Crippen LogP contribution >= 0.6 is 0 Å². The van der Waals surface area contributed by atoms with Crippen LogP contribution in [0.15, 0.2) is 36.5 Å². The maximum atomic E-state index is 11.2. The van der Waals surface area contributed by atoms with Gasteiger partial charge in [0.15, 0.2) is 11.6 Å². The Morgan fingerprint density at radius 1 is 0.944 bits per heavy atom. The van der Waals surface area contributed by atoms with E-state index in [1.165, 1.54) is 20.4 Å². The molecule has 6 N–H and O–H groups in total. The highest BCUT2D eigenvalue weighted by Crippen LogP contribution is 2.38. The fourth-order valence-corrected chi connectivity index (χ4v) is 3.57. The molecule has 0 bridgehead atoms. The van der Waals surface area contributed by atoms with Gasteiger partial charge >= 0.3 is 6.09 Å². The van der Waals surface area contributed by atoms with Gasteiger partial charge in [-0.1, -0.05) is 0 Å². The minimum atomic E-state index is -0.933. The Morgan fingerprint density at radius 3 is 2.22 bits per heavy atom. The Bertz CT molecular complexity index is 1220. The predicted molar refractivity (Wildman–Crippen MR) is 139 cm³/mol. The number of carbonyl (C=O) groups is 1. The molecule has 1 amide bonds. The summed E-state index contributed by atoms with van der Waals surface area (Å²) in [6, 6.07) is 8.38. The standard InChI is InChI=1S/C24H31N7O5/c1-6-31(7-2)18-12-20(34-4)17(11-15(18)25)29-24-27-13-21(35-5)22(30-24)28-16-10-14(36-23(26)32)8-9-19(16)33-3/h8-13H,6-7,25H2,1-5H3,(H2,26,32)(H2,27,28,29,30). The van der Waals surface area contributed by atoms with Crippen LogP contribution in [0.3, 0.4) is 0 Å². The van der Waals surface area contributed by atoms with Crippen LogP contribution in [-0.4, -0.2) is 50.5 Å². The number of benzene rings is 2. The number of amides is 1. The predicted octanol–water partition coefficient (Wildman–Crippen LogP) is 3.88. The van der Waals surface area contributed by atoms with E-state index in [9.17, 15) is 4.79 Å². The van der Waals surface area contributed by atoms with Crippen molar-refractivity contribution in [1.82, 2.24) is 9.97 Å². The number of nitrogens with two attached hydrogens (primary N) is 2.